The largest absolute Gasteiger partial charge is 0.466 e. The first-order chi connectivity index (χ1) is 12.6. The Morgan fingerprint density at radius 3 is 2.15 bits per heavy atom. The average Bonchev–Trinajstić information content (AvgIpc) is 2.62. The van der Waals surface area contributed by atoms with Gasteiger partial charge < -0.3 is 9.47 Å². The number of esters is 2. The van der Waals surface area contributed by atoms with Crippen molar-refractivity contribution in [2.45, 2.75) is 20.3 Å². The number of benzene rings is 2. The average molecular weight is 373 g/mol. The van der Waals surface area contributed by atoms with Gasteiger partial charge in [0.05, 0.1) is 25.2 Å². The molecule has 0 atom stereocenters. The van der Waals surface area contributed by atoms with Gasteiger partial charge in [-0.2, -0.15) is 0 Å². The molecular weight excluding hydrogens is 352 g/mol. The third kappa shape index (κ3) is 5.20. The van der Waals surface area contributed by atoms with E-state index in [-0.39, 0.29) is 25.2 Å². The minimum Gasteiger partial charge on any atom is -0.466 e. The van der Waals surface area contributed by atoms with Crippen LogP contribution in [0.5, 0.6) is 0 Å². The SMILES string of the molecule is CCOC(=O)C/C(C(=O)OCC)=C(/c1ccccc1)c1cccc(Cl)c1. The number of carbonyl (C=O) groups excluding carboxylic acids is 2. The summed E-state index contributed by atoms with van der Waals surface area (Å²) in [4.78, 5) is 24.7. The summed E-state index contributed by atoms with van der Waals surface area (Å²) < 4.78 is 10.2. The van der Waals surface area contributed by atoms with Gasteiger partial charge >= 0.3 is 11.9 Å². The molecule has 0 saturated heterocycles. The summed E-state index contributed by atoms with van der Waals surface area (Å²) in [7, 11) is 0. The summed E-state index contributed by atoms with van der Waals surface area (Å²) in [5.74, 6) is -1.02. The zero-order valence-electron chi connectivity index (χ0n) is 14.8. The molecule has 0 fully saturated rings. The minimum atomic E-state index is -0.542. The van der Waals surface area contributed by atoms with Crippen LogP contribution in [0.25, 0.3) is 5.57 Å². The molecule has 0 amide bonds. The van der Waals surface area contributed by atoms with Crippen LogP contribution < -0.4 is 0 Å². The first-order valence-corrected chi connectivity index (χ1v) is 8.81. The van der Waals surface area contributed by atoms with E-state index in [1.807, 2.05) is 36.4 Å². The van der Waals surface area contributed by atoms with Crippen molar-refractivity contribution in [3.63, 3.8) is 0 Å². The quantitative estimate of drug-likeness (QED) is 0.524. The summed E-state index contributed by atoms with van der Waals surface area (Å²) in [5, 5.41) is 0.537. The molecule has 0 heterocycles. The second-order valence-corrected chi connectivity index (χ2v) is 5.87. The highest BCUT2D eigenvalue weighted by Gasteiger charge is 2.23. The van der Waals surface area contributed by atoms with E-state index in [2.05, 4.69) is 0 Å². The van der Waals surface area contributed by atoms with Crippen LogP contribution in [0.3, 0.4) is 0 Å². The van der Waals surface area contributed by atoms with E-state index in [1.165, 1.54) is 0 Å². The molecule has 0 spiro atoms. The summed E-state index contributed by atoms with van der Waals surface area (Å²) >= 11 is 6.15. The summed E-state index contributed by atoms with van der Waals surface area (Å²) in [6.45, 7) is 3.90. The highest BCUT2D eigenvalue weighted by molar-refractivity contribution is 6.30. The maximum Gasteiger partial charge on any atom is 0.335 e. The Balaban J connectivity index is 2.68. The Hall–Kier alpha value is -2.59. The third-order valence-corrected chi connectivity index (χ3v) is 3.86. The Labute approximate surface area is 158 Å². The predicted octanol–water partition coefficient (Wildman–Crippen LogP) is 4.66. The zero-order valence-corrected chi connectivity index (χ0v) is 15.6. The fourth-order valence-electron chi connectivity index (χ4n) is 2.60. The number of carbonyl (C=O) groups is 2. The second-order valence-electron chi connectivity index (χ2n) is 5.43. The van der Waals surface area contributed by atoms with Crippen molar-refractivity contribution < 1.29 is 19.1 Å². The third-order valence-electron chi connectivity index (χ3n) is 3.63. The number of halogens is 1. The molecule has 0 bridgehead atoms. The van der Waals surface area contributed by atoms with Gasteiger partial charge in [-0.05, 0) is 42.7 Å². The van der Waals surface area contributed by atoms with E-state index in [0.717, 1.165) is 11.1 Å². The van der Waals surface area contributed by atoms with Gasteiger partial charge in [-0.15, -0.1) is 0 Å². The Kier molecular flexibility index (Phi) is 7.42. The molecule has 26 heavy (non-hydrogen) atoms. The molecule has 0 unspecified atom stereocenters. The number of ether oxygens (including phenoxy) is 2. The van der Waals surface area contributed by atoms with Crippen molar-refractivity contribution in [2.75, 3.05) is 13.2 Å². The summed E-state index contributed by atoms with van der Waals surface area (Å²) in [5.41, 5.74) is 2.39. The van der Waals surface area contributed by atoms with Crippen LogP contribution in [-0.2, 0) is 19.1 Å². The second kappa shape index (κ2) is 9.78. The van der Waals surface area contributed by atoms with E-state index in [9.17, 15) is 9.59 Å². The van der Waals surface area contributed by atoms with Crippen LogP contribution >= 0.6 is 11.6 Å². The molecular formula is C21H21ClO4. The minimum absolute atomic E-state index is 0.177. The van der Waals surface area contributed by atoms with Crippen LogP contribution in [0.2, 0.25) is 5.02 Å². The molecule has 0 radical (unpaired) electrons. The van der Waals surface area contributed by atoms with Gasteiger partial charge in [0.1, 0.15) is 0 Å². The lowest BCUT2D eigenvalue weighted by molar-refractivity contribution is -0.145. The number of hydrogen-bond donors (Lipinski definition) is 0. The fraction of sp³-hybridized carbons (Fsp3) is 0.238. The maximum atomic E-state index is 12.6. The number of hydrogen-bond acceptors (Lipinski definition) is 4. The van der Waals surface area contributed by atoms with Crippen molar-refractivity contribution in [1.29, 1.82) is 0 Å². The molecule has 0 aliphatic carbocycles. The molecule has 2 aromatic carbocycles. The lowest BCUT2D eigenvalue weighted by Gasteiger charge is -2.15. The van der Waals surface area contributed by atoms with Crippen molar-refractivity contribution in [3.05, 3.63) is 76.3 Å². The van der Waals surface area contributed by atoms with E-state index >= 15 is 0 Å². The highest BCUT2D eigenvalue weighted by Crippen LogP contribution is 2.31. The van der Waals surface area contributed by atoms with Crippen LogP contribution in [0.1, 0.15) is 31.4 Å². The van der Waals surface area contributed by atoms with Crippen LogP contribution in [0.4, 0.5) is 0 Å². The standard InChI is InChI=1S/C21H21ClO4/c1-3-25-19(23)14-18(21(24)26-4-2)20(15-9-6-5-7-10-15)16-11-8-12-17(22)13-16/h5-13H,3-4,14H2,1-2H3/b20-18+. The van der Waals surface area contributed by atoms with Gasteiger partial charge in [0.25, 0.3) is 0 Å². The van der Waals surface area contributed by atoms with Gasteiger partial charge in [0.2, 0.25) is 0 Å². The van der Waals surface area contributed by atoms with Gasteiger partial charge in [0, 0.05) is 5.02 Å². The Bertz CT molecular complexity index is 797. The van der Waals surface area contributed by atoms with E-state index in [1.54, 1.807) is 32.0 Å². The molecule has 136 valence electrons. The predicted molar refractivity (Wildman–Crippen MR) is 102 cm³/mol. The van der Waals surface area contributed by atoms with Crippen LogP contribution in [-0.4, -0.2) is 25.2 Å². The van der Waals surface area contributed by atoms with Crippen molar-refractivity contribution >= 4 is 29.1 Å². The van der Waals surface area contributed by atoms with Crippen molar-refractivity contribution in [3.8, 4) is 0 Å². The molecule has 5 heteroatoms. The lowest BCUT2D eigenvalue weighted by atomic mass is 9.91. The van der Waals surface area contributed by atoms with E-state index in [4.69, 9.17) is 21.1 Å². The molecule has 2 aromatic rings. The molecule has 0 aliphatic heterocycles. The van der Waals surface area contributed by atoms with Gasteiger partial charge in [0.15, 0.2) is 0 Å². The Morgan fingerprint density at radius 1 is 0.885 bits per heavy atom. The first-order valence-electron chi connectivity index (χ1n) is 8.44. The number of rotatable bonds is 7. The van der Waals surface area contributed by atoms with Gasteiger partial charge in [-0.25, -0.2) is 4.79 Å². The molecule has 2 rings (SSSR count). The summed E-state index contributed by atoms with van der Waals surface area (Å²) in [6, 6.07) is 16.5. The molecule has 0 aliphatic rings. The van der Waals surface area contributed by atoms with Gasteiger partial charge in [-0.3, -0.25) is 4.79 Å². The van der Waals surface area contributed by atoms with Crippen LogP contribution in [0.15, 0.2) is 60.2 Å². The zero-order chi connectivity index (χ0) is 18.9. The first kappa shape index (κ1) is 19.7. The Morgan fingerprint density at radius 2 is 1.54 bits per heavy atom. The fourth-order valence-corrected chi connectivity index (χ4v) is 2.79. The lowest BCUT2D eigenvalue weighted by Crippen LogP contribution is -2.16. The van der Waals surface area contributed by atoms with E-state index < -0.39 is 11.9 Å². The molecule has 4 nitrogen and oxygen atoms in total. The smallest absolute Gasteiger partial charge is 0.335 e. The summed E-state index contributed by atoms with van der Waals surface area (Å²) in [6.07, 6.45) is -0.177. The van der Waals surface area contributed by atoms with E-state index in [0.29, 0.717) is 10.6 Å². The van der Waals surface area contributed by atoms with Crippen molar-refractivity contribution in [2.24, 2.45) is 0 Å². The normalized spacial score (nSPS) is 11.5. The monoisotopic (exact) mass is 372 g/mol. The topological polar surface area (TPSA) is 52.6 Å². The van der Waals surface area contributed by atoms with Gasteiger partial charge in [-0.1, -0.05) is 54.1 Å². The molecule has 0 N–H and O–H groups in total. The molecule has 0 aromatic heterocycles. The van der Waals surface area contributed by atoms with Crippen molar-refractivity contribution in [1.82, 2.24) is 0 Å². The maximum absolute atomic E-state index is 12.6. The molecule has 0 saturated carbocycles. The van der Waals surface area contributed by atoms with Crippen LogP contribution in [0, 0.1) is 0 Å². The highest BCUT2D eigenvalue weighted by atomic mass is 35.5.